The number of aromatic nitrogens is 3. The first-order chi connectivity index (χ1) is 21.6. The molecule has 0 unspecified atom stereocenters. The van der Waals surface area contributed by atoms with Crippen molar-refractivity contribution in [1.29, 1.82) is 0 Å². The van der Waals surface area contributed by atoms with Crippen molar-refractivity contribution in [3.63, 3.8) is 0 Å². The van der Waals surface area contributed by atoms with E-state index in [9.17, 15) is 22.8 Å². The van der Waals surface area contributed by atoms with Gasteiger partial charge in [-0.1, -0.05) is 23.7 Å². The summed E-state index contributed by atoms with van der Waals surface area (Å²) in [5.74, 6) is -1.75. The monoisotopic (exact) mass is 654 g/mol. The van der Waals surface area contributed by atoms with E-state index in [1.165, 1.54) is 24.3 Å². The maximum atomic E-state index is 13.4. The van der Waals surface area contributed by atoms with Gasteiger partial charge >= 0.3 is 12.2 Å². The van der Waals surface area contributed by atoms with Gasteiger partial charge in [0, 0.05) is 22.8 Å². The highest BCUT2D eigenvalue weighted by Gasteiger charge is 2.49. The molecule has 3 aromatic rings. The molecule has 1 saturated carbocycles. The molecule has 0 bridgehead atoms. The minimum atomic E-state index is -5.15. The van der Waals surface area contributed by atoms with Gasteiger partial charge in [-0.2, -0.15) is 28.1 Å². The van der Waals surface area contributed by atoms with Crippen molar-refractivity contribution in [3.8, 4) is 6.01 Å². The molecule has 1 heterocycles. The van der Waals surface area contributed by atoms with Crippen LogP contribution in [0, 0.1) is 0 Å². The summed E-state index contributed by atoms with van der Waals surface area (Å²) in [4.78, 5) is 40.6. The van der Waals surface area contributed by atoms with Crippen LogP contribution in [-0.4, -0.2) is 72.6 Å². The molecule has 13 nitrogen and oxygen atoms in total. The lowest BCUT2D eigenvalue weighted by molar-refractivity contribution is -0.187. The van der Waals surface area contributed by atoms with Crippen LogP contribution in [-0.2, 0) is 10.3 Å². The average molecular weight is 655 g/mol. The lowest BCUT2D eigenvalue weighted by Gasteiger charge is -2.29. The standard InChI is InChI=1S/C27H28B2ClF3N10O3/c28-26(29,27(31,32)33)46-24-41-22(40-23(42-24)43-25(11-12-25)15-5-7-16(30)8-6-15)38-17-9-3-14(4-10-17)20(45)39-18(19(34)44)2-1-13-37-21(35)36/h3-10,18H,1-2,11-13H2,(H2,34,44)(H,39,45)(H4,35,36,37)(H2,38,40,41,42,43)/t18-/m0/s1. The van der Waals surface area contributed by atoms with E-state index in [4.69, 9.17) is 49.2 Å². The van der Waals surface area contributed by atoms with Crippen molar-refractivity contribution in [2.45, 2.75) is 48.8 Å². The van der Waals surface area contributed by atoms with Gasteiger partial charge in [0.25, 0.3) is 5.91 Å². The van der Waals surface area contributed by atoms with Crippen LogP contribution in [0.2, 0.25) is 5.02 Å². The minimum Gasteiger partial charge on any atom is -0.468 e. The molecule has 19 heteroatoms. The number of nitrogens with two attached hydrogens (primary N) is 3. The number of ether oxygens (including phenoxy) is 1. The Morgan fingerprint density at radius 2 is 1.63 bits per heavy atom. The first kappa shape index (κ1) is 34.1. The Morgan fingerprint density at radius 1 is 1.00 bits per heavy atom. The molecule has 2 aromatic carbocycles. The zero-order valence-electron chi connectivity index (χ0n) is 24.1. The van der Waals surface area contributed by atoms with Crippen LogP contribution in [0.5, 0.6) is 6.01 Å². The van der Waals surface area contributed by atoms with Gasteiger partial charge in [0.15, 0.2) is 5.96 Å². The largest absolute Gasteiger partial charge is 0.468 e. The van der Waals surface area contributed by atoms with Gasteiger partial charge in [0.05, 0.1) is 5.54 Å². The second-order valence-corrected chi connectivity index (χ2v) is 10.9. The second-order valence-electron chi connectivity index (χ2n) is 10.5. The van der Waals surface area contributed by atoms with Crippen LogP contribution < -0.4 is 37.9 Å². The molecule has 1 atom stereocenters. The predicted octanol–water partition coefficient (Wildman–Crippen LogP) is 1.94. The smallest absolute Gasteiger partial charge is 0.410 e. The fraction of sp³-hybridized carbons (Fsp3) is 0.333. The summed E-state index contributed by atoms with van der Waals surface area (Å²) < 4.78 is 44.9. The average Bonchev–Trinajstić information content (AvgIpc) is 3.74. The molecule has 1 aromatic heterocycles. The summed E-state index contributed by atoms with van der Waals surface area (Å²) >= 11 is 6.01. The fourth-order valence-corrected chi connectivity index (χ4v) is 4.31. The Kier molecular flexibility index (Phi) is 10.2. The van der Waals surface area contributed by atoms with Crippen LogP contribution >= 0.6 is 11.6 Å². The van der Waals surface area contributed by atoms with Crippen LogP contribution in [0.1, 0.15) is 41.6 Å². The molecular weight excluding hydrogens is 626 g/mol. The molecule has 1 aliphatic rings. The summed E-state index contributed by atoms with van der Waals surface area (Å²) in [6.45, 7) is 0.249. The zero-order chi connectivity index (χ0) is 33.7. The lowest BCUT2D eigenvalue weighted by Crippen LogP contribution is -2.52. The maximum Gasteiger partial charge on any atom is 0.410 e. The van der Waals surface area contributed by atoms with E-state index in [0.29, 0.717) is 30.0 Å². The molecule has 46 heavy (non-hydrogen) atoms. The number of hydrogen-bond donors (Lipinski definition) is 6. The zero-order valence-corrected chi connectivity index (χ0v) is 24.9. The number of primary amides is 1. The summed E-state index contributed by atoms with van der Waals surface area (Å²) in [7, 11) is 10.3. The molecule has 0 aliphatic heterocycles. The van der Waals surface area contributed by atoms with Gasteiger partial charge < -0.3 is 37.9 Å². The second kappa shape index (κ2) is 13.7. The summed E-state index contributed by atoms with van der Waals surface area (Å²) in [5, 5.41) is 5.46. The highest BCUT2D eigenvalue weighted by Crippen LogP contribution is 2.48. The predicted molar refractivity (Wildman–Crippen MR) is 167 cm³/mol. The highest BCUT2D eigenvalue weighted by molar-refractivity contribution is 6.40. The molecule has 1 fully saturated rings. The van der Waals surface area contributed by atoms with E-state index in [2.05, 4.69) is 35.9 Å². The molecule has 0 saturated heterocycles. The number of hydrogen-bond acceptors (Lipinski definition) is 9. The van der Waals surface area contributed by atoms with Crippen LogP contribution in [0.4, 0.5) is 30.8 Å². The van der Waals surface area contributed by atoms with Crippen molar-refractivity contribution < 1.29 is 27.5 Å². The minimum absolute atomic E-state index is 0.0975. The number of nitrogens with one attached hydrogen (secondary N) is 3. The van der Waals surface area contributed by atoms with Gasteiger partial charge in [-0.3, -0.25) is 14.6 Å². The Hall–Kier alpha value is -4.73. The van der Waals surface area contributed by atoms with Crippen LogP contribution in [0.25, 0.3) is 0 Å². The van der Waals surface area contributed by atoms with Crippen molar-refractivity contribution in [2.24, 2.45) is 22.2 Å². The van der Waals surface area contributed by atoms with Gasteiger partial charge in [0.2, 0.25) is 17.8 Å². The van der Waals surface area contributed by atoms with Gasteiger partial charge in [-0.25, -0.2) is 0 Å². The van der Waals surface area contributed by atoms with E-state index < -0.39 is 41.0 Å². The molecule has 9 N–H and O–H groups in total. The number of anilines is 3. The summed E-state index contributed by atoms with van der Waals surface area (Å²) in [6, 6.07) is 11.1. The number of halogens is 4. The van der Waals surface area contributed by atoms with E-state index in [-0.39, 0.29) is 36.4 Å². The maximum absolute atomic E-state index is 13.4. The Bertz CT molecular complexity index is 1590. The number of nitrogens with zero attached hydrogens (tertiary/aromatic N) is 4. The molecule has 238 valence electrons. The Balaban J connectivity index is 1.52. The van der Waals surface area contributed by atoms with E-state index in [0.717, 1.165) is 5.56 Å². The number of carbonyl (C=O) groups excluding carboxylic acids is 2. The molecule has 0 spiro atoms. The first-order valence-electron chi connectivity index (χ1n) is 13.7. The highest BCUT2D eigenvalue weighted by atomic mass is 35.5. The van der Waals surface area contributed by atoms with Gasteiger partial charge in [-0.05, 0) is 67.6 Å². The third-order valence-corrected chi connectivity index (χ3v) is 7.07. The SMILES string of the molecule is [B]C([B])(Oc1nc(Nc2ccc(C(=O)N[C@@H](CCCN=C(N)N)C(N)=O)cc2)nc(NC2(c3ccc(Cl)cc3)CC2)n1)C(F)(F)F. The van der Waals surface area contributed by atoms with Gasteiger partial charge in [0.1, 0.15) is 27.1 Å². The normalized spacial score (nSPS) is 14.4. The quantitative estimate of drug-likeness (QED) is 0.0644. The lowest BCUT2D eigenvalue weighted by atomic mass is 9.64. The summed E-state index contributed by atoms with van der Waals surface area (Å²) in [6.07, 6.45) is -3.20. The third kappa shape index (κ3) is 8.93. The van der Waals surface area contributed by atoms with E-state index >= 15 is 0 Å². The number of benzene rings is 2. The third-order valence-electron chi connectivity index (χ3n) is 6.81. The Labute approximate surface area is 269 Å². The molecule has 2 amide bonds. The van der Waals surface area contributed by atoms with Crippen molar-refractivity contribution in [3.05, 3.63) is 64.7 Å². The van der Waals surface area contributed by atoms with Crippen molar-refractivity contribution >= 4 is 62.7 Å². The molecular formula is C27H28B2ClF3N10O3. The topological polar surface area (TPSA) is 209 Å². The summed E-state index contributed by atoms with van der Waals surface area (Å²) in [5.41, 5.74) is 16.8. The molecule has 4 rings (SSSR count). The number of alkyl halides is 3. The number of guanidine groups is 1. The first-order valence-corrected chi connectivity index (χ1v) is 14.1. The molecule has 4 radical (unpaired) electrons. The number of rotatable bonds is 14. The number of aliphatic imine (C=N–C) groups is 1. The Morgan fingerprint density at radius 3 is 2.20 bits per heavy atom. The van der Waals surface area contributed by atoms with E-state index in [1.54, 1.807) is 12.1 Å². The van der Waals surface area contributed by atoms with Crippen LogP contribution in [0.3, 0.4) is 0 Å². The van der Waals surface area contributed by atoms with E-state index in [1.807, 2.05) is 12.1 Å². The van der Waals surface area contributed by atoms with Crippen LogP contribution in [0.15, 0.2) is 53.5 Å². The molecule has 1 aliphatic carbocycles. The van der Waals surface area contributed by atoms with Crippen molar-refractivity contribution in [2.75, 3.05) is 17.2 Å². The van der Waals surface area contributed by atoms with Gasteiger partial charge in [-0.15, -0.1) is 0 Å². The number of amides is 2. The van der Waals surface area contributed by atoms with Crippen molar-refractivity contribution in [1.82, 2.24) is 20.3 Å². The number of carbonyl (C=O) groups is 2. The fourth-order valence-electron chi connectivity index (χ4n) is 4.18.